The summed E-state index contributed by atoms with van der Waals surface area (Å²) in [6.07, 6.45) is 1.64. The third-order valence-electron chi connectivity index (χ3n) is 2.71. The Labute approximate surface area is 137 Å². The number of hydrogen-bond acceptors (Lipinski definition) is 7. The number of aryl methyl sites for hydroxylation is 1. The minimum atomic E-state index is -0.0941. The van der Waals surface area contributed by atoms with Gasteiger partial charge in [0.2, 0.25) is 11.1 Å². The molecule has 120 valence electrons. The lowest BCUT2D eigenvalue weighted by molar-refractivity contribution is 0.475. The summed E-state index contributed by atoms with van der Waals surface area (Å²) in [4.78, 5) is 5.24. The summed E-state index contributed by atoms with van der Waals surface area (Å²) in [5, 5.41) is 21.5. The molecule has 0 aliphatic rings. The van der Waals surface area contributed by atoms with E-state index in [-0.39, 0.29) is 11.7 Å². The molecule has 9 heteroatoms. The molecule has 0 fully saturated rings. The molecule has 0 aliphatic heterocycles. The minimum Gasteiger partial charge on any atom is -0.508 e. The molecule has 0 spiro atoms. The van der Waals surface area contributed by atoms with Crippen LogP contribution < -0.4 is 16.9 Å². The fraction of sp³-hybridized carbons (Fsp3) is 0.143. The maximum atomic E-state index is 9.22. The van der Waals surface area contributed by atoms with E-state index in [4.69, 9.17) is 11.5 Å². The van der Waals surface area contributed by atoms with Crippen LogP contribution in [-0.2, 0) is 0 Å². The van der Waals surface area contributed by atoms with Gasteiger partial charge < -0.3 is 16.6 Å². The van der Waals surface area contributed by atoms with Gasteiger partial charge in [-0.1, -0.05) is 11.3 Å². The van der Waals surface area contributed by atoms with Gasteiger partial charge in [0.25, 0.3) is 0 Å². The molecule has 6 N–H and O–H groups in total. The van der Waals surface area contributed by atoms with Crippen molar-refractivity contribution in [1.29, 1.82) is 0 Å². The number of guanidine groups is 1. The van der Waals surface area contributed by atoms with Gasteiger partial charge in [0.1, 0.15) is 5.75 Å². The molecule has 1 heterocycles. The molecule has 0 bridgehead atoms. The summed E-state index contributed by atoms with van der Waals surface area (Å²) in [5.74, 6) is 0.120. The highest BCUT2D eigenvalue weighted by atomic mass is 32.1. The predicted molar refractivity (Wildman–Crippen MR) is 94.2 cm³/mol. The number of phenols is 1. The van der Waals surface area contributed by atoms with Crippen molar-refractivity contribution in [1.82, 2.24) is 4.98 Å². The number of benzene rings is 1. The van der Waals surface area contributed by atoms with E-state index in [9.17, 15) is 5.11 Å². The van der Waals surface area contributed by atoms with Crippen LogP contribution in [0.25, 0.3) is 0 Å². The fourth-order valence-corrected chi connectivity index (χ4v) is 2.54. The molecule has 1 aromatic heterocycles. The molecule has 8 nitrogen and oxygen atoms in total. The first-order valence-electron chi connectivity index (χ1n) is 6.65. The number of aromatic nitrogens is 1. The van der Waals surface area contributed by atoms with Gasteiger partial charge >= 0.3 is 0 Å². The van der Waals surface area contributed by atoms with E-state index < -0.39 is 0 Å². The van der Waals surface area contributed by atoms with Gasteiger partial charge in [-0.15, -0.1) is 5.10 Å². The van der Waals surface area contributed by atoms with Crippen LogP contribution >= 0.6 is 11.3 Å². The number of hydrogen-bond donors (Lipinski definition) is 4. The molecule has 0 unspecified atom stereocenters. The molecule has 0 saturated heterocycles. The number of anilines is 1. The van der Waals surface area contributed by atoms with Gasteiger partial charge in [-0.25, -0.2) is 4.98 Å². The lowest BCUT2D eigenvalue weighted by Gasteiger charge is -1.95. The Balaban J connectivity index is 2.07. The SMILES string of the molecule is C/C(=N\N=C(N)N)c1sc(N/N=C/c2ccc(O)cc2)nc1C. The quantitative estimate of drug-likeness (QED) is 0.375. The Bertz CT molecular complexity index is 758. The zero-order valence-corrected chi connectivity index (χ0v) is 13.5. The second-order valence-corrected chi connectivity index (χ2v) is 5.60. The van der Waals surface area contributed by atoms with E-state index >= 15 is 0 Å². The molecule has 0 saturated carbocycles. The van der Waals surface area contributed by atoms with Crippen LogP contribution in [0.3, 0.4) is 0 Å². The van der Waals surface area contributed by atoms with Crippen molar-refractivity contribution in [3.63, 3.8) is 0 Å². The summed E-state index contributed by atoms with van der Waals surface area (Å²) in [6, 6.07) is 6.70. The highest BCUT2D eigenvalue weighted by Gasteiger charge is 2.09. The second-order valence-electron chi connectivity index (χ2n) is 4.61. The first-order chi connectivity index (χ1) is 11.0. The number of nitrogens with two attached hydrogens (primary N) is 2. The van der Waals surface area contributed by atoms with Crippen LogP contribution in [0.1, 0.15) is 23.1 Å². The molecule has 0 atom stereocenters. The molecule has 0 radical (unpaired) electrons. The van der Waals surface area contributed by atoms with Crippen molar-refractivity contribution in [2.45, 2.75) is 13.8 Å². The smallest absolute Gasteiger partial charge is 0.211 e. The van der Waals surface area contributed by atoms with E-state index in [1.165, 1.54) is 11.3 Å². The number of nitrogens with zero attached hydrogens (tertiary/aromatic N) is 4. The first-order valence-corrected chi connectivity index (χ1v) is 7.46. The molecule has 0 amide bonds. The summed E-state index contributed by atoms with van der Waals surface area (Å²) in [7, 11) is 0. The Hall–Kier alpha value is -2.94. The highest BCUT2D eigenvalue weighted by Crippen LogP contribution is 2.23. The third-order valence-corrected chi connectivity index (χ3v) is 3.88. The van der Waals surface area contributed by atoms with Crippen molar-refractivity contribution in [2.24, 2.45) is 26.8 Å². The Morgan fingerprint density at radius 2 is 1.96 bits per heavy atom. The average molecular weight is 331 g/mol. The van der Waals surface area contributed by atoms with E-state index in [0.29, 0.717) is 10.8 Å². The summed E-state index contributed by atoms with van der Waals surface area (Å²) < 4.78 is 0. The van der Waals surface area contributed by atoms with Gasteiger partial charge in [0.15, 0.2) is 0 Å². The molecular weight excluding hydrogens is 314 g/mol. The fourth-order valence-electron chi connectivity index (χ4n) is 1.68. The van der Waals surface area contributed by atoms with Crippen molar-refractivity contribution in [3.05, 3.63) is 40.4 Å². The van der Waals surface area contributed by atoms with E-state index in [1.54, 1.807) is 37.4 Å². The Kier molecular flexibility index (Phi) is 5.26. The van der Waals surface area contributed by atoms with Crippen molar-refractivity contribution in [3.8, 4) is 5.75 Å². The van der Waals surface area contributed by atoms with Crippen molar-refractivity contribution >= 4 is 34.4 Å². The molecule has 23 heavy (non-hydrogen) atoms. The predicted octanol–water partition coefficient (Wildman–Crippen LogP) is 1.60. The summed E-state index contributed by atoms with van der Waals surface area (Å²) in [6.45, 7) is 3.67. The number of phenolic OH excluding ortho intramolecular Hbond substituents is 1. The lowest BCUT2D eigenvalue weighted by atomic mass is 10.2. The molecule has 2 rings (SSSR count). The number of hydrazone groups is 1. The number of aromatic hydroxyl groups is 1. The summed E-state index contributed by atoms with van der Waals surface area (Å²) >= 11 is 1.40. The van der Waals surface area contributed by atoms with E-state index in [2.05, 4.69) is 25.7 Å². The number of thiazole rings is 1. The largest absolute Gasteiger partial charge is 0.508 e. The molecule has 2 aromatic rings. The van der Waals surface area contributed by atoms with Gasteiger partial charge in [-0.2, -0.15) is 10.2 Å². The van der Waals surface area contributed by atoms with Gasteiger partial charge in [-0.05, 0) is 43.7 Å². The topological polar surface area (TPSA) is 134 Å². The minimum absolute atomic E-state index is 0.0941. The number of nitrogens with one attached hydrogen (secondary N) is 1. The van der Waals surface area contributed by atoms with Crippen LogP contribution in [0, 0.1) is 6.92 Å². The second kappa shape index (κ2) is 7.36. The standard InChI is InChI=1S/C14H17N7OS/c1-8-12(9(2)19-20-13(15)16)23-14(18-8)21-17-7-10-3-5-11(22)6-4-10/h3-7,22H,1-2H3,(H,18,21)(H4,15,16,20)/b17-7+,19-9+. The van der Waals surface area contributed by atoms with Crippen molar-refractivity contribution in [2.75, 3.05) is 5.43 Å². The van der Waals surface area contributed by atoms with Crippen molar-refractivity contribution < 1.29 is 5.11 Å². The monoisotopic (exact) mass is 331 g/mol. The zero-order chi connectivity index (χ0) is 16.8. The van der Waals surface area contributed by atoms with Gasteiger partial charge in [-0.3, -0.25) is 5.43 Å². The maximum Gasteiger partial charge on any atom is 0.211 e. The van der Waals surface area contributed by atoms with E-state index in [1.807, 2.05) is 6.92 Å². The molecule has 1 aromatic carbocycles. The average Bonchev–Trinajstić information content (AvgIpc) is 2.88. The van der Waals surface area contributed by atoms with E-state index in [0.717, 1.165) is 16.1 Å². The van der Waals surface area contributed by atoms with Gasteiger partial charge in [0.05, 0.1) is 22.5 Å². The lowest BCUT2D eigenvalue weighted by Crippen LogP contribution is -2.22. The highest BCUT2D eigenvalue weighted by molar-refractivity contribution is 7.17. The maximum absolute atomic E-state index is 9.22. The third kappa shape index (κ3) is 4.78. The van der Waals surface area contributed by atoms with Crippen LogP contribution in [-0.4, -0.2) is 28.0 Å². The van der Waals surface area contributed by atoms with Gasteiger partial charge in [0, 0.05) is 0 Å². The Morgan fingerprint density at radius 3 is 2.61 bits per heavy atom. The normalized spacial score (nSPS) is 11.7. The van der Waals surface area contributed by atoms with Crippen LogP contribution in [0.2, 0.25) is 0 Å². The van der Waals surface area contributed by atoms with Crippen LogP contribution in [0.5, 0.6) is 5.75 Å². The van der Waals surface area contributed by atoms with Crippen LogP contribution in [0.4, 0.5) is 5.13 Å². The Morgan fingerprint density at radius 1 is 1.26 bits per heavy atom. The summed E-state index contributed by atoms with van der Waals surface area (Å²) in [5.41, 5.74) is 15.7. The first kappa shape index (κ1) is 16.4. The zero-order valence-electron chi connectivity index (χ0n) is 12.7. The number of rotatable bonds is 5. The van der Waals surface area contributed by atoms with Crippen LogP contribution in [0.15, 0.2) is 39.6 Å². The molecule has 0 aliphatic carbocycles. The molecular formula is C14H17N7OS.